The predicted octanol–water partition coefficient (Wildman–Crippen LogP) is 2.38. The van der Waals surface area contributed by atoms with E-state index in [-0.39, 0.29) is 11.3 Å². The predicted molar refractivity (Wildman–Crippen MR) is 97.0 cm³/mol. The Hall–Kier alpha value is -2.70. The summed E-state index contributed by atoms with van der Waals surface area (Å²) in [6.45, 7) is 3.98. The lowest BCUT2D eigenvalue weighted by atomic mass is 9.65. The molecule has 0 radical (unpaired) electrons. The summed E-state index contributed by atoms with van der Waals surface area (Å²) in [6, 6.07) is 5.88. The number of carbonyl (C=O) groups excluding carboxylic acids is 1. The van der Waals surface area contributed by atoms with Gasteiger partial charge in [0, 0.05) is 31.5 Å². The lowest BCUT2D eigenvalue weighted by molar-refractivity contribution is 0.0711. The number of hydrogen-bond acceptors (Lipinski definition) is 6. The molecule has 26 heavy (non-hydrogen) atoms. The normalized spacial score (nSPS) is 24.3. The van der Waals surface area contributed by atoms with E-state index >= 15 is 0 Å². The van der Waals surface area contributed by atoms with E-state index in [1.807, 2.05) is 17.9 Å². The van der Waals surface area contributed by atoms with Gasteiger partial charge < -0.3 is 15.0 Å². The number of nitrogens with zero attached hydrogens (tertiary/aromatic N) is 4. The van der Waals surface area contributed by atoms with Crippen LogP contribution in [-0.4, -0.2) is 51.5 Å². The summed E-state index contributed by atoms with van der Waals surface area (Å²) in [5, 5.41) is 3.45. The van der Waals surface area contributed by atoms with Gasteiger partial charge in [-0.2, -0.15) is 0 Å². The van der Waals surface area contributed by atoms with Crippen LogP contribution in [0.3, 0.4) is 0 Å². The van der Waals surface area contributed by atoms with Crippen molar-refractivity contribution in [3.63, 3.8) is 0 Å². The van der Waals surface area contributed by atoms with E-state index in [1.165, 1.54) is 0 Å². The molecule has 7 heteroatoms. The first-order chi connectivity index (χ1) is 12.7. The van der Waals surface area contributed by atoms with Gasteiger partial charge in [0.2, 0.25) is 5.88 Å². The highest BCUT2D eigenvalue weighted by molar-refractivity contribution is 5.96. The zero-order valence-electron chi connectivity index (χ0n) is 14.9. The minimum Gasteiger partial charge on any atom is -0.477 e. The number of likely N-dealkylation sites (tertiary alicyclic amines) is 1. The van der Waals surface area contributed by atoms with Crippen LogP contribution < -0.4 is 10.1 Å². The third-order valence-corrected chi connectivity index (χ3v) is 5.30. The molecule has 1 aliphatic heterocycles. The SMILES string of the molecule is CCOc1ncccc1C(=O)N1CCC2(CC(Nc3ccncn3)C2)C1. The number of pyridine rings is 1. The van der Waals surface area contributed by atoms with Crippen molar-refractivity contribution in [3.05, 3.63) is 42.5 Å². The molecule has 2 aromatic heterocycles. The number of nitrogens with one attached hydrogen (secondary N) is 1. The molecule has 136 valence electrons. The molecule has 0 unspecified atom stereocenters. The molecule has 0 aromatic carbocycles. The Morgan fingerprint density at radius 1 is 1.35 bits per heavy atom. The Morgan fingerprint density at radius 3 is 3.00 bits per heavy atom. The van der Waals surface area contributed by atoms with Gasteiger partial charge >= 0.3 is 0 Å². The third kappa shape index (κ3) is 3.21. The van der Waals surface area contributed by atoms with Crippen LogP contribution in [-0.2, 0) is 0 Å². The van der Waals surface area contributed by atoms with Crippen molar-refractivity contribution >= 4 is 11.7 Å². The van der Waals surface area contributed by atoms with Crippen LogP contribution in [0.15, 0.2) is 36.9 Å². The highest BCUT2D eigenvalue weighted by Crippen LogP contribution is 2.49. The number of ether oxygens (including phenoxy) is 1. The molecular weight excluding hydrogens is 330 g/mol. The molecule has 1 spiro atoms. The van der Waals surface area contributed by atoms with Crippen LogP contribution in [0.2, 0.25) is 0 Å². The number of rotatable bonds is 5. The summed E-state index contributed by atoms with van der Waals surface area (Å²) in [5.74, 6) is 1.31. The molecule has 7 nitrogen and oxygen atoms in total. The van der Waals surface area contributed by atoms with Gasteiger partial charge in [0.15, 0.2) is 0 Å². The number of hydrogen-bond donors (Lipinski definition) is 1. The quantitative estimate of drug-likeness (QED) is 0.889. The molecule has 1 saturated heterocycles. The molecule has 2 aromatic rings. The van der Waals surface area contributed by atoms with Crippen molar-refractivity contribution in [1.29, 1.82) is 0 Å². The summed E-state index contributed by atoms with van der Waals surface area (Å²) < 4.78 is 5.51. The number of amides is 1. The van der Waals surface area contributed by atoms with Crippen molar-refractivity contribution < 1.29 is 9.53 Å². The smallest absolute Gasteiger partial charge is 0.259 e. The van der Waals surface area contributed by atoms with Gasteiger partial charge in [0.25, 0.3) is 5.91 Å². The fraction of sp³-hybridized carbons (Fsp3) is 0.474. The second-order valence-corrected chi connectivity index (χ2v) is 7.11. The third-order valence-electron chi connectivity index (χ3n) is 5.30. The largest absolute Gasteiger partial charge is 0.477 e. The average molecular weight is 353 g/mol. The van der Waals surface area contributed by atoms with Gasteiger partial charge in [-0.3, -0.25) is 4.79 Å². The highest BCUT2D eigenvalue weighted by Gasteiger charge is 2.49. The Bertz CT molecular complexity index is 777. The van der Waals surface area contributed by atoms with Crippen molar-refractivity contribution in [2.24, 2.45) is 5.41 Å². The summed E-state index contributed by atoms with van der Waals surface area (Å²) >= 11 is 0. The standard InChI is InChI=1S/C19H23N5O2/c1-2-26-17-15(4-3-7-21-17)18(25)24-9-6-19(12-24)10-14(11-19)23-16-5-8-20-13-22-16/h3-5,7-8,13-14H,2,6,9-12H2,1H3,(H,20,22,23). The van der Waals surface area contributed by atoms with E-state index in [1.54, 1.807) is 30.9 Å². The first-order valence-electron chi connectivity index (χ1n) is 9.09. The average Bonchev–Trinajstić information content (AvgIpc) is 3.08. The zero-order chi connectivity index (χ0) is 18.0. The number of aromatic nitrogens is 3. The van der Waals surface area contributed by atoms with Gasteiger partial charge in [-0.05, 0) is 49.8 Å². The molecule has 1 amide bonds. The van der Waals surface area contributed by atoms with E-state index in [9.17, 15) is 4.79 Å². The van der Waals surface area contributed by atoms with Gasteiger partial charge in [-0.25, -0.2) is 15.0 Å². The second kappa shape index (κ2) is 6.90. The Labute approximate surface area is 152 Å². The molecule has 1 N–H and O–H groups in total. The molecule has 0 bridgehead atoms. The molecular formula is C19H23N5O2. The molecule has 3 heterocycles. The molecule has 2 fully saturated rings. The van der Waals surface area contributed by atoms with Crippen molar-refractivity contribution in [3.8, 4) is 5.88 Å². The fourth-order valence-electron chi connectivity index (χ4n) is 4.09. The molecule has 0 atom stereocenters. The maximum atomic E-state index is 12.9. The van der Waals surface area contributed by atoms with Crippen molar-refractivity contribution in [2.45, 2.75) is 32.2 Å². The topological polar surface area (TPSA) is 80.2 Å². The van der Waals surface area contributed by atoms with Gasteiger partial charge in [-0.1, -0.05) is 0 Å². The van der Waals surface area contributed by atoms with E-state index in [4.69, 9.17) is 4.74 Å². The first kappa shape index (κ1) is 16.8. The van der Waals surface area contributed by atoms with Crippen LogP contribution in [0.5, 0.6) is 5.88 Å². The van der Waals surface area contributed by atoms with Gasteiger partial charge in [0.1, 0.15) is 17.7 Å². The van der Waals surface area contributed by atoms with Crippen LogP contribution in [0.25, 0.3) is 0 Å². The monoisotopic (exact) mass is 353 g/mol. The van der Waals surface area contributed by atoms with E-state index in [2.05, 4.69) is 20.3 Å². The van der Waals surface area contributed by atoms with Crippen LogP contribution in [0.1, 0.15) is 36.5 Å². The number of anilines is 1. The molecule has 1 saturated carbocycles. The molecule has 2 aliphatic rings. The lowest BCUT2D eigenvalue weighted by Gasteiger charge is -2.45. The van der Waals surface area contributed by atoms with Crippen LogP contribution >= 0.6 is 0 Å². The summed E-state index contributed by atoms with van der Waals surface area (Å²) in [5.41, 5.74) is 0.787. The Kier molecular flexibility index (Phi) is 4.44. The lowest BCUT2D eigenvalue weighted by Crippen LogP contribution is -2.47. The maximum absolute atomic E-state index is 12.9. The first-order valence-corrected chi connectivity index (χ1v) is 9.09. The fourth-order valence-corrected chi connectivity index (χ4v) is 4.09. The van der Waals surface area contributed by atoms with Crippen LogP contribution in [0, 0.1) is 5.41 Å². The van der Waals surface area contributed by atoms with Gasteiger partial charge in [-0.15, -0.1) is 0 Å². The van der Waals surface area contributed by atoms with Crippen LogP contribution in [0.4, 0.5) is 5.82 Å². The molecule has 1 aliphatic carbocycles. The minimum absolute atomic E-state index is 0.0191. The van der Waals surface area contributed by atoms with Crippen molar-refractivity contribution in [2.75, 3.05) is 25.0 Å². The van der Waals surface area contributed by atoms with E-state index < -0.39 is 0 Å². The highest BCUT2D eigenvalue weighted by atomic mass is 16.5. The Balaban J connectivity index is 1.37. The van der Waals surface area contributed by atoms with Gasteiger partial charge in [0.05, 0.1) is 6.61 Å². The van der Waals surface area contributed by atoms with E-state index in [0.717, 1.165) is 38.2 Å². The maximum Gasteiger partial charge on any atom is 0.259 e. The van der Waals surface area contributed by atoms with Crippen molar-refractivity contribution in [1.82, 2.24) is 19.9 Å². The van der Waals surface area contributed by atoms with E-state index in [0.29, 0.717) is 24.1 Å². The minimum atomic E-state index is 0.0191. The second-order valence-electron chi connectivity index (χ2n) is 7.11. The summed E-state index contributed by atoms with van der Waals surface area (Å²) in [7, 11) is 0. The summed E-state index contributed by atoms with van der Waals surface area (Å²) in [6.07, 6.45) is 8.12. The Morgan fingerprint density at radius 2 is 2.23 bits per heavy atom. The summed E-state index contributed by atoms with van der Waals surface area (Å²) in [4.78, 5) is 27.2. The molecule has 4 rings (SSSR count). The zero-order valence-corrected chi connectivity index (χ0v) is 14.9. The number of carbonyl (C=O) groups is 1.